The lowest BCUT2D eigenvalue weighted by Crippen LogP contribution is -2.52. The number of nitrogens with one attached hydrogen (secondary N) is 1. The fraction of sp³-hybridized carbons (Fsp3) is 0.375. The van der Waals surface area contributed by atoms with Gasteiger partial charge in [-0.3, -0.25) is 13.9 Å². The Morgan fingerprint density at radius 2 is 1.44 bits per heavy atom. The molecule has 0 saturated carbocycles. The van der Waals surface area contributed by atoms with Crippen molar-refractivity contribution in [1.82, 2.24) is 10.2 Å². The highest BCUT2D eigenvalue weighted by Crippen LogP contribution is 2.26. The number of anilines is 1. The van der Waals surface area contributed by atoms with Crippen molar-refractivity contribution in [2.45, 2.75) is 58.5 Å². The number of amides is 2. The van der Waals surface area contributed by atoms with Gasteiger partial charge in [-0.15, -0.1) is 0 Å². The van der Waals surface area contributed by atoms with Crippen LogP contribution in [0.25, 0.3) is 0 Å². The van der Waals surface area contributed by atoms with Gasteiger partial charge in [-0.1, -0.05) is 68.3 Å². The van der Waals surface area contributed by atoms with E-state index in [2.05, 4.69) is 5.32 Å². The lowest BCUT2D eigenvalue weighted by atomic mass is 10.1. The third-order valence-electron chi connectivity index (χ3n) is 6.79. The van der Waals surface area contributed by atoms with Gasteiger partial charge < -0.3 is 15.0 Å². The van der Waals surface area contributed by atoms with Crippen LogP contribution in [-0.2, 0) is 26.2 Å². The maximum Gasteiger partial charge on any atom is 0.264 e. The van der Waals surface area contributed by atoms with Crippen molar-refractivity contribution < 1.29 is 22.7 Å². The summed E-state index contributed by atoms with van der Waals surface area (Å²) in [6.07, 6.45) is 0.372. The van der Waals surface area contributed by atoms with Crippen molar-refractivity contribution in [2.75, 3.05) is 24.5 Å². The molecule has 0 heterocycles. The average Bonchev–Trinajstić information content (AvgIpc) is 2.96. The third kappa shape index (κ3) is 8.33. The molecule has 0 aliphatic heterocycles. The molecule has 0 saturated heterocycles. The van der Waals surface area contributed by atoms with Gasteiger partial charge in [0.2, 0.25) is 11.8 Å². The zero-order chi connectivity index (χ0) is 30.2. The SMILES string of the molecule is CC[C@@H](C(=O)NCC(C)C)N(Cc1ccc(C)cc1)C(=O)CN(c1ccc(C)cc1)S(=O)(=O)c1ccc(OC)cc1. The monoisotopic (exact) mass is 579 g/mol. The van der Waals surface area contributed by atoms with Gasteiger partial charge in [-0.2, -0.15) is 0 Å². The van der Waals surface area contributed by atoms with E-state index in [-0.39, 0.29) is 23.3 Å². The first-order chi connectivity index (χ1) is 19.5. The van der Waals surface area contributed by atoms with Crippen molar-refractivity contribution in [3.63, 3.8) is 0 Å². The molecular formula is C32H41N3O5S. The zero-order valence-corrected chi connectivity index (χ0v) is 25.6. The van der Waals surface area contributed by atoms with Crippen molar-refractivity contribution in [2.24, 2.45) is 5.92 Å². The molecule has 0 radical (unpaired) electrons. The molecule has 3 rings (SSSR count). The quantitative estimate of drug-likeness (QED) is 0.305. The number of nitrogens with zero attached hydrogens (tertiary/aromatic N) is 2. The summed E-state index contributed by atoms with van der Waals surface area (Å²) in [5.41, 5.74) is 3.23. The first-order valence-electron chi connectivity index (χ1n) is 13.8. The van der Waals surface area contributed by atoms with Gasteiger partial charge in [0.1, 0.15) is 18.3 Å². The largest absolute Gasteiger partial charge is 0.497 e. The number of rotatable bonds is 13. The van der Waals surface area contributed by atoms with Crippen LogP contribution in [0.5, 0.6) is 5.75 Å². The summed E-state index contributed by atoms with van der Waals surface area (Å²) < 4.78 is 34.2. The van der Waals surface area contributed by atoms with Crippen molar-refractivity contribution in [3.05, 3.63) is 89.5 Å². The minimum absolute atomic E-state index is 0.0264. The Balaban J connectivity index is 2.03. The van der Waals surface area contributed by atoms with Crippen LogP contribution in [0.15, 0.2) is 77.7 Å². The zero-order valence-electron chi connectivity index (χ0n) is 24.8. The van der Waals surface area contributed by atoms with E-state index in [0.29, 0.717) is 24.4 Å². The summed E-state index contributed by atoms with van der Waals surface area (Å²) in [5, 5.41) is 2.94. The molecule has 3 aromatic rings. The maximum absolute atomic E-state index is 14.1. The van der Waals surface area contributed by atoms with Gasteiger partial charge >= 0.3 is 0 Å². The van der Waals surface area contributed by atoms with Gasteiger partial charge in [-0.05, 0) is 68.1 Å². The minimum Gasteiger partial charge on any atom is -0.497 e. The highest BCUT2D eigenvalue weighted by Gasteiger charge is 2.33. The Morgan fingerprint density at radius 1 is 0.878 bits per heavy atom. The maximum atomic E-state index is 14.1. The molecule has 0 bridgehead atoms. The molecule has 2 amide bonds. The predicted octanol–water partition coefficient (Wildman–Crippen LogP) is 5.09. The number of ether oxygens (including phenoxy) is 1. The fourth-order valence-corrected chi connectivity index (χ4v) is 5.76. The predicted molar refractivity (Wildman–Crippen MR) is 162 cm³/mol. The topological polar surface area (TPSA) is 96.0 Å². The van der Waals surface area contributed by atoms with E-state index < -0.39 is 28.5 Å². The molecule has 220 valence electrons. The second-order valence-corrected chi connectivity index (χ2v) is 12.5. The highest BCUT2D eigenvalue weighted by atomic mass is 32.2. The number of hydrogen-bond acceptors (Lipinski definition) is 5. The van der Waals surface area contributed by atoms with Crippen LogP contribution in [0.1, 0.15) is 43.9 Å². The Labute approximate surface area is 244 Å². The van der Waals surface area contributed by atoms with Gasteiger partial charge in [0.25, 0.3) is 10.0 Å². The number of methoxy groups -OCH3 is 1. The second kappa shape index (κ2) is 14.2. The fourth-order valence-electron chi connectivity index (χ4n) is 4.35. The molecule has 0 spiro atoms. The normalized spacial score (nSPS) is 12.1. The van der Waals surface area contributed by atoms with Gasteiger partial charge in [0.05, 0.1) is 17.7 Å². The molecule has 1 atom stereocenters. The van der Waals surface area contributed by atoms with Crippen molar-refractivity contribution >= 4 is 27.5 Å². The molecule has 1 N–H and O–H groups in total. The summed E-state index contributed by atoms with van der Waals surface area (Å²) in [7, 11) is -2.64. The van der Waals surface area contributed by atoms with Crippen LogP contribution in [0.2, 0.25) is 0 Å². The van der Waals surface area contributed by atoms with E-state index in [1.165, 1.54) is 24.1 Å². The summed E-state index contributed by atoms with van der Waals surface area (Å²) in [4.78, 5) is 28.9. The molecule has 0 unspecified atom stereocenters. The van der Waals surface area contributed by atoms with E-state index in [0.717, 1.165) is 21.0 Å². The molecule has 0 aliphatic carbocycles. The molecule has 3 aromatic carbocycles. The average molecular weight is 580 g/mol. The Morgan fingerprint density at radius 3 is 1.95 bits per heavy atom. The van der Waals surface area contributed by atoms with Crippen molar-refractivity contribution in [1.29, 1.82) is 0 Å². The van der Waals surface area contributed by atoms with Gasteiger partial charge in [-0.25, -0.2) is 8.42 Å². The van der Waals surface area contributed by atoms with E-state index in [1.54, 1.807) is 36.4 Å². The molecule has 41 heavy (non-hydrogen) atoms. The van der Waals surface area contributed by atoms with Crippen LogP contribution in [0.3, 0.4) is 0 Å². The van der Waals surface area contributed by atoms with E-state index >= 15 is 0 Å². The van der Waals surface area contributed by atoms with Crippen LogP contribution in [0.4, 0.5) is 5.69 Å². The van der Waals surface area contributed by atoms with Crippen LogP contribution < -0.4 is 14.4 Å². The summed E-state index contributed by atoms with van der Waals surface area (Å²) in [5.74, 6) is 0.0186. The number of hydrogen-bond donors (Lipinski definition) is 1. The van der Waals surface area contributed by atoms with Gasteiger partial charge in [0.15, 0.2) is 0 Å². The van der Waals surface area contributed by atoms with Crippen LogP contribution >= 0.6 is 0 Å². The number of sulfonamides is 1. The van der Waals surface area contributed by atoms with Crippen LogP contribution in [0, 0.1) is 19.8 Å². The summed E-state index contributed by atoms with van der Waals surface area (Å²) >= 11 is 0. The molecule has 8 nitrogen and oxygen atoms in total. The van der Waals surface area contributed by atoms with E-state index in [4.69, 9.17) is 4.74 Å². The molecule has 0 fully saturated rings. The highest BCUT2D eigenvalue weighted by molar-refractivity contribution is 7.92. The lowest BCUT2D eigenvalue weighted by molar-refractivity contribution is -0.140. The minimum atomic E-state index is -4.14. The third-order valence-corrected chi connectivity index (χ3v) is 8.58. The number of benzene rings is 3. The second-order valence-electron chi connectivity index (χ2n) is 10.6. The Bertz CT molecular complexity index is 1400. The smallest absolute Gasteiger partial charge is 0.264 e. The summed E-state index contributed by atoms with van der Waals surface area (Å²) in [6.45, 7) is 9.89. The number of aryl methyl sites for hydroxylation is 2. The first kappa shape index (κ1) is 31.7. The molecule has 0 aliphatic rings. The standard InChI is InChI=1S/C32H41N3O5S/c1-7-30(32(37)33-20-23(2)3)34(21-26-12-8-24(4)9-13-26)31(36)22-35(27-14-10-25(5)11-15-27)41(38,39)29-18-16-28(40-6)17-19-29/h8-19,23,30H,7,20-22H2,1-6H3,(H,33,37)/t30-/m0/s1. The molecular weight excluding hydrogens is 538 g/mol. The molecule has 9 heteroatoms. The number of carbonyl (C=O) groups excluding carboxylic acids is 2. The molecule has 0 aromatic heterocycles. The Hall–Kier alpha value is -3.85. The first-order valence-corrected chi connectivity index (χ1v) is 15.3. The van der Waals surface area contributed by atoms with Crippen LogP contribution in [-0.4, -0.2) is 51.4 Å². The lowest BCUT2D eigenvalue weighted by Gasteiger charge is -2.33. The summed E-state index contributed by atoms with van der Waals surface area (Å²) in [6, 6.07) is 20.0. The van der Waals surface area contributed by atoms with Gasteiger partial charge in [0, 0.05) is 13.1 Å². The van der Waals surface area contributed by atoms with Crippen molar-refractivity contribution in [3.8, 4) is 5.75 Å². The van der Waals surface area contributed by atoms with E-state index in [9.17, 15) is 18.0 Å². The van der Waals surface area contributed by atoms with E-state index in [1.807, 2.05) is 58.9 Å². The number of carbonyl (C=O) groups is 2. The Kier molecular flexibility index (Phi) is 10.9.